The Morgan fingerprint density at radius 3 is 2.49 bits per heavy atom. The number of nitrogens with one attached hydrogen (secondary N) is 2. The van der Waals surface area contributed by atoms with Gasteiger partial charge in [-0.3, -0.25) is 9.36 Å². The number of primary amides is 1. The van der Waals surface area contributed by atoms with E-state index < -0.39 is 22.7 Å². The van der Waals surface area contributed by atoms with E-state index in [9.17, 15) is 13.6 Å². The lowest BCUT2D eigenvalue weighted by Crippen LogP contribution is -2.38. The Hall–Kier alpha value is -3.85. The van der Waals surface area contributed by atoms with Gasteiger partial charge in [-0.05, 0) is 50.7 Å². The van der Waals surface area contributed by atoms with E-state index in [0.717, 1.165) is 25.0 Å². The van der Waals surface area contributed by atoms with Gasteiger partial charge in [0, 0.05) is 30.7 Å². The molecule has 1 saturated carbocycles. The van der Waals surface area contributed by atoms with Crippen LogP contribution in [0, 0.1) is 28.4 Å². The van der Waals surface area contributed by atoms with Crippen molar-refractivity contribution in [3.63, 3.8) is 0 Å². The van der Waals surface area contributed by atoms with Gasteiger partial charge < -0.3 is 21.1 Å². The number of benzene rings is 1. The van der Waals surface area contributed by atoms with Crippen LogP contribution in [-0.2, 0) is 9.53 Å². The van der Waals surface area contributed by atoms with Crippen molar-refractivity contribution < 1.29 is 18.3 Å². The van der Waals surface area contributed by atoms with Crippen molar-refractivity contribution in [1.29, 1.82) is 5.26 Å². The normalized spacial score (nSPS) is 22.5. The zero-order valence-electron chi connectivity index (χ0n) is 20.4. The highest BCUT2D eigenvalue weighted by atomic mass is 19.1. The van der Waals surface area contributed by atoms with Gasteiger partial charge in [-0.1, -0.05) is 6.92 Å². The van der Waals surface area contributed by atoms with E-state index in [1.807, 2.05) is 11.5 Å². The maximum Gasteiger partial charge on any atom is 0.224 e. The summed E-state index contributed by atoms with van der Waals surface area (Å²) in [6, 6.07) is 3.70. The SMILES string of the molecule is CC1(C(N)=O)CCC(n2c(Nc3c(F)cc(C#N)cc3F)nc3cnc(NC4CCOCC4)nc32)CC1. The smallest absolute Gasteiger partial charge is 0.224 e. The van der Waals surface area contributed by atoms with E-state index in [-0.39, 0.29) is 29.5 Å². The minimum atomic E-state index is -0.909. The quantitative estimate of drug-likeness (QED) is 0.453. The summed E-state index contributed by atoms with van der Waals surface area (Å²) < 4.78 is 36.7. The standard InChI is InChI=1S/C25H28F2N8O2/c1-25(22(29)36)6-2-16(3-7-25)35-21-19(13-30-23(34-21)31-15-4-8-37-9-5-15)32-24(35)33-20-17(26)10-14(12-28)11-18(20)27/h10-11,13,15-16H,2-9H2,1H3,(H2,29,36)(H,32,33)(H,30,31,34). The van der Waals surface area contributed by atoms with Crippen molar-refractivity contribution in [2.24, 2.45) is 11.1 Å². The highest BCUT2D eigenvalue weighted by Crippen LogP contribution is 2.43. The predicted molar refractivity (Wildman–Crippen MR) is 132 cm³/mol. The molecule has 1 aliphatic heterocycles. The average molecular weight is 511 g/mol. The summed E-state index contributed by atoms with van der Waals surface area (Å²) in [6.07, 6.45) is 5.56. The van der Waals surface area contributed by atoms with Crippen LogP contribution in [0.1, 0.15) is 57.1 Å². The van der Waals surface area contributed by atoms with Crippen molar-refractivity contribution in [2.75, 3.05) is 23.8 Å². The van der Waals surface area contributed by atoms with Crippen molar-refractivity contribution in [3.05, 3.63) is 35.5 Å². The summed E-state index contributed by atoms with van der Waals surface area (Å²) in [5.41, 5.74) is 5.45. The molecule has 0 atom stereocenters. The molecular weight excluding hydrogens is 482 g/mol. The Morgan fingerprint density at radius 2 is 1.86 bits per heavy atom. The third kappa shape index (κ3) is 4.91. The zero-order valence-corrected chi connectivity index (χ0v) is 20.4. The largest absolute Gasteiger partial charge is 0.381 e. The Morgan fingerprint density at radius 1 is 1.19 bits per heavy atom. The minimum Gasteiger partial charge on any atom is -0.381 e. The van der Waals surface area contributed by atoms with Gasteiger partial charge in [0.2, 0.25) is 17.8 Å². The first-order chi connectivity index (χ1) is 17.8. The highest BCUT2D eigenvalue weighted by molar-refractivity contribution is 5.80. The fourth-order valence-electron chi connectivity index (χ4n) is 5.03. The maximum atomic E-state index is 14.7. The van der Waals surface area contributed by atoms with E-state index in [0.29, 0.717) is 56.0 Å². The molecule has 3 heterocycles. The summed E-state index contributed by atoms with van der Waals surface area (Å²) >= 11 is 0. The fourth-order valence-corrected chi connectivity index (χ4v) is 5.03. The number of hydrogen-bond donors (Lipinski definition) is 3. The summed E-state index contributed by atoms with van der Waals surface area (Å²) in [6.45, 7) is 3.18. The van der Waals surface area contributed by atoms with Gasteiger partial charge in [0.05, 0.1) is 17.8 Å². The van der Waals surface area contributed by atoms with E-state index in [2.05, 4.69) is 20.6 Å². The third-order valence-corrected chi connectivity index (χ3v) is 7.41. The molecule has 1 saturated heterocycles. The molecule has 37 heavy (non-hydrogen) atoms. The van der Waals surface area contributed by atoms with E-state index >= 15 is 0 Å². The molecule has 1 amide bonds. The van der Waals surface area contributed by atoms with Crippen LogP contribution in [0.15, 0.2) is 18.3 Å². The number of anilines is 3. The molecular formula is C25H28F2N8O2. The Kier molecular flexibility index (Phi) is 6.64. The first-order valence-corrected chi connectivity index (χ1v) is 12.3. The van der Waals surface area contributed by atoms with Crippen molar-refractivity contribution in [1.82, 2.24) is 19.5 Å². The second-order valence-electron chi connectivity index (χ2n) is 9.95. The zero-order chi connectivity index (χ0) is 26.2. The van der Waals surface area contributed by atoms with Crippen LogP contribution in [0.4, 0.5) is 26.4 Å². The molecule has 1 aliphatic carbocycles. The lowest BCUT2D eigenvalue weighted by Gasteiger charge is -2.35. The summed E-state index contributed by atoms with van der Waals surface area (Å²) in [4.78, 5) is 25.7. The second kappa shape index (κ2) is 9.89. The number of nitriles is 1. The Bertz CT molecular complexity index is 1350. The summed E-state index contributed by atoms with van der Waals surface area (Å²) in [5.74, 6) is -1.53. The van der Waals surface area contributed by atoms with E-state index in [1.54, 1.807) is 12.3 Å². The molecule has 0 bridgehead atoms. The number of rotatable bonds is 6. The molecule has 5 rings (SSSR count). The molecule has 0 radical (unpaired) electrons. The number of imidazole rings is 1. The Balaban J connectivity index is 1.54. The molecule has 10 nitrogen and oxygen atoms in total. The summed E-state index contributed by atoms with van der Waals surface area (Å²) in [5, 5.41) is 15.2. The van der Waals surface area contributed by atoms with Crippen LogP contribution < -0.4 is 16.4 Å². The fraction of sp³-hybridized carbons (Fsp3) is 0.480. The maximum absolute atomic E-state index is 14.7. The van der Waals surface area contributed by atoms with Crippen LogP contribution >= 0.6 is 0 Å². The molecule has 12 heteroatoms. The van der Waals surface area contributed by atoms with Gasteiger partial charge in [-0.2, -0.15) is 10.2 Å². The molecule has 0 unspecified atom stereocenters. The molecule has 2 aliphatic rings. The molecule has 1 aromatic carbocycles. The summed E-state index contributed by atoms with van der Waals surface area (Å²) in [7, 11) is 0. The third-order valence-electron chi connectivity index (χ3n) is 7.41. The molecule has 0 spiro atoms. The minimum absolute atomic E-state index is 0.123. The monoisotopic (exact) mass is 510 g/mol. The van der Waals surface area contributed by atoms with Crippen molar-refractivity contribution >= 4 is 34.7 Å². The number of hydrogen-bond acceptors (Lipinski definition) is 8. The first-order valence-electron chi connectivity index (χ1n) is 12.3. The molecule has 3 aromatic rings. The lowest BCUT2D eigenvalue weighted by molar-refractivity contribution is -0.128. The van der Waals surface area contributed by atoms with Crippen LogP contribution in [-0.4, -0.2) is 44.7 Å². The Labute approximate surface area is 212 Å². The number of amides is 1. The molecule has 2 aromatic heterocycles. The number of carbonyl (C=O) groups is 1. The van der Waals surface area contributed by atoms with Gasteiger partial charge in [-0.15, -0.1) is 0 Å². The van der Waals surface area contributed by atoms with E-state index in [4.69, 9.17) is 20.7 Å². The van der Waals surface area contributed by atoms with Gasteiger partial charge in [0.1, 0.15) is 11.2 Å². The van der Waals surface area contributed by atoms with Crippen LogP contribution in [0.2, 0.25) is 0 Å². The van der Waals surface area contributed by atoms with Crippen molar-refractivity contribution in [3.8, 4) is 6.07 Å². The van der Waals surface area contributed by atoms with Gasteiger partial charge in [0.25, 0.3) is 0 Å². The van der Waals surface area contributed by atoms with Crippen LogP contribution in [0.5, 0.6) is 0 Å². The highest BCUT2D eigenvalue weighted by Gasteiger charge is 2.38. The lowest BCUT2D eigenvalue weighted by atomic mass is 9.73. The number of fused-ring (bicyclic) bond motifs is 1. The molecule has 194 valence electrons. The predicted octanol–water partition coefficient (Wildman–Crippen LogP) is 3.92. The van der Waals surface area contributed by atoms with Crippen LogP contribution in [0.3, 0.4) is 0 Å². The van der Waals surface area contributed by atoms with Gasteiger partial charge in [-0.25, -0.2) is 18.7 Å². The van der Waals surface area contributed by atoms with Gasteiger partial charge >= 0.3 is 0 Å². The topological polar surface area (TPSA) is 144 Å². The number of nitrogens with zero attached hydrogens (tertiary/aromatic N) is 5. The van der Waals surface area contributed by atoms with Crippen LogP contribution in [0.25, 0.3) is 11.2 Å². The number of aromatic nitrogens is 4. The number of ether oxygens (including phenoxy) is 1. The van der Waals surface area contributed by atoms with E-state index in [1.165, 1.54) is 0 Å². The second-order valence-corrected chi connectivity index (χ2v) is 9.95. The van der Waals surface area contributed by atoms with Gasteiger partial charge in [0.15, 0.2) is 17.3 Å². The molecule has 4 N–H and O–H groups in total. The molecule has 2 fully saturated rings. The number of nitrogens with two attached hydrogens (primary N) is 1. The number of carbonyl (C=O) groups excluding carboxylic acids is 1. The number of halogens is 2. The average Bonchev–Trinajstić information content (AvgIpc) is 3.24. The van der Waals surface area contributed by atoms with Crippen molar-refractivity contribution in [2.45, 2.75) is 57.5 Å². The first kappa shape index (κ1) is 24.8.